The molecule has 1 heterocycles. The highest BCUT2D eigenvalue weighted by Crippen LogP contribution is 2.29. The summed E-state index contributed by atoms with van der Waals surface area (Å²) in [6.45, 7) is 0. The second kappa shape index (κ2) is 4.96. The number of non-ortho nitro benzene ring substituents is 1. The molecule has 7 nitrogen and oxygen atoms in total. The van der Waals surface area contributed by atoms with E-state index in [4.69, 9.17) is 4.74 Å². The lowest BCUT2D eigenvalue weighted by Crippen LogP contribution is -2.24. The molecule has 0 unspecified atom stereocenters. The SMILES string of the molecule is CN1C(=O)c2ccc(Oc3ccc([N+](=O)[O-])cc3)cc2C1=O. The predicted molar refractivity (Wildman–Crippen MR) is 76.0 cm³/mol. The maximum absolute atomic E-state index is 11.9. The zero-order chi connectivity index (χ0) is 15.9. The van der Waals surface area contributed by atoms with Crippen LogP contribution < -0.4 is 4.74 Å². The van der Waals surface area contributed by atoms with E-state index in [1.165, 1.54) is 43.4 Å². The number of rotatable bonds is 3. The second-order valence-corrected chi connectivity index (χ2v) is 4.73. The Morgan fingerprint density at radius 1 is 0.955 bits per heavy atom. The van der Waals surface area contributed by atoms with Crippen molar-refractivity contribution in [3.05, 3.63) is 63.7 Å². The summed E-state index contributed by atoms with van der Waals surface area (Å²) < 4.78 is 5.55. The molecule has 1 aliphatic rings. The van der Waals surface area contributed by atoms with Gasteiger partial charge in [0, 0.05) is 19.2 Å². The van der Waals surface area contributed by atoms with Crippen molar-refractivity contribution in [1.29, 1.82) is 0 Å². The van der Waals surface area contributed by atoms with Crippen molar-refractivity contribution in [3.63, 3.8) is 0 Å². The van der Waals surface area contributed by atoms with E-state index in [9.17, 15) is 19.7 Å². The van der Waals surface area contributed by atoms with Crippen molar-refractivity contribution in [2.75, 3.05) is 7.05 Å². The van der Waals surface area contributed by atoms with Gasteiger partial charge in [-0.05, 0) is 30.3 Å². The summed E-state index contributed by atoms with van der Waals surface area (Å²) in [6.07, 6.45) is 0. The number of carbonyl (C=O) groups is 2. The van der Waals surface area contributed by atoms with Crippen LogP contribution in [0.3, 0.4) is 0 Å². The fourth-order valence-corrected chi connectivity index (χ4v) is 2.18. The van der Waals surface area contributed by atoms with Crippen molar-refractivity contribution < 1.29 is 19.2 Å². The zero-order valence-corrected chi connectivity index (χ0v) is 11.5. The fourth-order valence-electron chi connectivity index (χ4n) is 2.18. The van der Waals surface area contributed by atoms with E-state index in [1.54, 1.807) is 6.07 Å². The number of hydrogen-bond donors (Lipinski definition) is 0. The Morgan fingerprint density at radius 3 is 2.18 bits per heavy atom. The molecule has 22 heavy (non-hydrogen) atoms. The van der Waals surface area contributed by atoms with Crippen molar-refractivity contribution in [3.8, 4) is 11.5 Å². The monoisotopic (exact) mass is 298 g/mol. The van der Waals surface area contributed by atoms with Crippen molar-refractivity contribution in [2.45, 2.75) is 0 Å². The molecule has 0 atom stereocenters. The number of ether oxygens (including phenoxy) is 1. The van der Waals surface area contributed by atoms with Crippen LogP contribution in [0.5, 0.6) is 11.5 Å². The smallest absolute Gasteiger partial charge is 0.269 e. The van der Waals surface area contributed by atoms with Gasteiger partial charge < -0.3 is 4.74 Å². The Morgan fingerprint density at radius 2 is 1.55 bits per heavy atom. The maximum atomic E-state index is 11.9. The molecule has 0 spiro atoms. The van der Waals surface area contributed by atoms with Crippen LogP contribution in [-0.4, -0.2) is 28.7 Å². The molecule has 0 aromatic heterocycles. The first-order chi connectivity index (χ1) is 10.5. The summed E-state index contributed by atoms with van der Waals surface area (Å²) >= 11 is 0. The molecule has 2 aromatic carbocycles. The van der Waals surface area contributed by atoms with Gasteiger partial charge in [0.25, 0.3) is 17.5 Å². The fraction of sp³-hybridized carbons (Fsp3) is 0.0667. The van der Waals surface area contributed by atoms with Crippen LogP contribution in [0.2, 0.25) is 0 Å². The molecule has 0 saturated heterocycles. The lowest BCUT2D eigenvalue weighted by Gasteiger charge is -2.06. The third-order valence-corrected chi connectivity index (χ3v) is 3.34. The molecule has 0 N–H and O–H groups in total. The van der Waals surface area contributed by atoms with Gasteiger partial charge in [-0.15, -0.1) is 0 Å². The van der Waals surface area contributed by atoms with Crippen molar-refractivity contribution in [2.24, 2.45) is 0 Å². The molecule has 2 aromatic rings. The first-order valence-corrected chi connectivity index (χ1v) is 6.36. The molecule has 0 saturated carbocycles. The van der Waals surface area contributed by atoms with Crippen LogP contribution >= 0.6 is 0 Å². The van der Waals surface area contributed by atoms with E-state index in [-0.39, 0.29) is 23.1 Å². The summed E-state index contributed by atoms with van der Waals surface area (Å²) in [7, 11) is 1.42. The summed E-state index contributed by atoms with van der Waals surface area (Å²) in [5.74, 6) is 0.0516. The zero-order valence-electron chi connectivity index (χ0n) is 11.5. The number of imide groups is 1. The van der Waals surface area contributed by atoms with E-state index in [0.717, 1.165) is 4.90 Å². The molecule has 0 radical (unpaired) electrons. The van der Waals surface area contributed by atoms with Crippen LogP contribution in [0, 0.1) is 10.1 Å². The van der Waals surface area contributed by atoms with Gasteiger partial charge in [0.05, 0.1) is 16.1 Å². The third kappa shape index (κ3) is 2.18. The quantitative estimate of drug-likeness (QED) is 0.493. The minimum absolute atomic E-state index is 0.0382. The Labute approximate surface area is 124 Å². The first-order valence-electron chi connectivity index (χ1n) is 6.36. The maximum Gasteiger partial charge on any atom is 0.269 e. The number of nitrogens with zero attached hydrogens (tertiary/aromatic N) is 2. The number of nitro groups is 1. The van der Waals surface area contributed by atoms with Crippen molar-refractivity contribution in [1.82, 2.24) is 4.90 Å². The lowest BCUT2D eigenvalue weighted by molar-refractivity contribution is -0.384. The minimum atomic E-state index is -0.501. The normalized spacial score (nSPS) is 13.2. The van der Waals surface area contributed by atoms with Gasteiger partial charge in [0.15, 0.2) is 0 Å². The number of hydrogen-bond acceptors (Lipinski definition) is 5. The lowest BCUT2D eigenvalue weighted by atomic mass is 10.1. The van der Waals surface area contributed by atoms with Gasteiger partial charge in [-0.3, -0.25) is 24.6 Å². The average molecular weight is 298 g/mol. The molecule has 0 aliphatic carbocycles. The van der Waals surface area contributed by atoms with E-state index in [1.807, 2.05) is 0 Å². The largest absolute Gasteiger partial charge is 0.457 e. The average Bonchev–Trinajstić information content (AvgIpc) is 2.72. The van der Waals surface area contributed by atoms with Gasteiger partial charge in [-0.1, -0.05) is 0 Å². The Kier molecular flexibility index (Phi) is 3.10. The highest BCUT2D eigenvalue weighted by molar-refractivity contribution is 6.21. The van der Waals surface area contributed by atoms with Crippen molar-refractivity contribution >= 4 is 17.5 Å². The standard InChI is InChI=1S/C15H10N2O5/c1-16-14(18)12-7-6-11(8-13(12)15(16)19)22-10-4-2-9(3-5-10)17(20)21/h2-8H,1H3. The van der Waals surface area contributed by atoms with Gasteiger partial charge in [0.2, 0.25) is 0 Å². The van der Waals surface area contributed by atoms with E-state index in [2.05, 4.69) is 0 Å². The number of amides is 2. The summed E-state index contributed by atoms with van der Waals surface area (Å²) in [6, 6.07) is 10.2. The molecule has 3 rings (SSSR count). The van der Waals surface area contributed by atoms with Crippen LogP contribution in [0.1, 0.15) is 20.7 Å². The van der Waals surface area contributed by atoms with Gasteiger partial charge >= 0.3 is 0 Å². The molecule has 0 fully saturated rings. The first kappa shape index (κ1) is 13.7. The summed E-state index contributed by atoms with van der Waals surface area (Å²) in [5.41, 5.74) is 0.583. The molecular weight excluding hydrogens is 288 g/mol. The van der Waals surface area contributed by atoms with Crippen LogP contribution in [0.4, 0.5) is 5.69 Å². The summed E-state index contributed by atoms with van der Waals surface area (Å²) in [5, 5.41) is 10.6. The second-order valence-electron chi connectivity index (χ2n) is 4.73. The minimum Gasteiger partial charge on any atom is -0.457 e. The molecule has 7 heteroatoms. The van der Waals surface area contributed by atoms with Gasteiger partial charge in [0.1, 0.15) is 11.5 Å². The highest BCUT2D eigenvalue weighted by atomic mass is 16.6. The number of nitro benzene ring substituents is 1. The van der Waals surface area contributed by atoms with Gasteiger partial charge in [-0.2, -0.15) is 0 Å². The summed E-state index contributed by atoms with van der Waals surface area (Å²) in [4.78, 5) is 34.8. The molecule has 1 aliphatic heterocycles. The van der Waals surface area contributed by atoms with Gasteiger partial charge in [-0.25, -0.2) is 0 Å². The number of fused-ring (bicyclic) bond motifs is 1. The molecule has 0 bridgehead atoms. The Hall–Kier alpha value is -3.22. The number of carbonyl (C=O) groups excluding carboxylic acids is 2. The molecule has 2 amide bonds. The molecular formula is C15H10N2O5. The van der Waals surface area contributed by atoms with Crippen LogP contribution in [0.25, 0.3) is 0 Å². The highest BCUT2D eigenvalue weighted by Gasteiger charge is 2.32. The Balaban J connectivity index is 1.87. The predicted octanol–water partition coefficient (Wildman–Crippen LogP) is 2.61. The van der Waals surface area contributed by atoms with E-state index < -0.39 is 4.92 Å². The molecule has 110 valence electrons. The van der Waals surface area contributed by atoms with E-state index in [0.29, 0.717) is 17.1 Å². The van der Waals surface area contributed by atoms with E-state index >= 15 is 0 Å². The topological polar surface area (TPSA) is 89.8 Å². The third-order valence-electron chi connectivity index (χ3n) is 3.34. The Bertz CT molecular complexity index is 798. The number of benzene rings is 2. The van der Waals surface area contributed by atoms with Crippen LogP contribution in [-0.2, 0) is 0 Å². The van der Waals surface area contributed by atoms with Crippen LogP contribution in [0.15, 0.2) is 42.5 Å².